The number of pyridine rings is 1. The van der Waals surface area contributed by atoms with Gasteiger partial charge >= 0.3 is 6.18 Å². The second-order valence-electron chi connectivity index (χ2n) is 9.69. The van der Waals surface area contributed by atoms with Crippen LogP contribution in [0.25, 0.3) is 10.9 Å². The maximum Gasteiger partial charge on any atom is 0.433 e. The lowest BCUT2D eigenvalue weighted by Crippen LogP contribution is -2.43. The Labute approximate surface area is 200 Å². The van der Waals surface area contributed by atoms with Gasteiger partial charge in [0.05, 0.1) is 11.1 Å². The topological polar surface area (TPSA) is 71.8 Å². The highest BCUT2D eigenvalue weighted by molar-refractivity contribution is 6.31. The van der Waals surface area contributed by atoms with Gasteiger partial charge in [-0.2, -0.15) is 18.3 Å². The Kier molecular flexibility index (Phi) is 6.50. The van der Waals surface area contributed by atoms with Crippen molar-refractivity contribution in [3.05, 3.63) is 52.9 Å². The van der Waals surface area contributed by atoms with E-state index >= 15 is 0 Å². The van der Waals surface area contributed by atoms with Crippen molar-refractivity contribution in [3.8, 4) is 0 Å². The Morgan fingerprint density at radius 3 is 2.56 bits per heavy atom. The number of hydrogen-bond acceptors (Lipinski definition) is 4. The predicted molar refractivity (Wildman–Crippen MR) is 126 cm³/mol. The van der Waals surface area contributed by atoms with Gasteiger partial charge in [0.1, 0.15) is 11.4 Å². The van der Waals surface area contributed by atoms with E-state index in [-0.39, 0.29) is 29.0 Å². The molecule has 10 heteroatoms. The lowest BCUT2D eigenvalue weighted by molar-refractivity contribution is -0.140. The van der Waals surface area contributed by atoms with E-state index in [2.05, 4.69) is 20.7 Å². The van der Waals surface area contributed by atoms with Crippen LogP contribution in [-0.4, -0.2) is 32.8 Å². The number of carbonyl (C=O) groups excluding carboxylic acids is 1. The summed E-state index contributed by atoms with van der Waals surface area (Å²) in [5, 5.41) is 11.6. The van der Waals surface area contributed by atoms with Crippen LogP contribution in [0.15, 0.2) is 36.5 Å². The molecule has 3 aromatic rings. The van der Waals surface area contributed by atoms with E-state index in [1.165, 1.54) is 12.1 Å². The summed E-state index contributed by atoms with van der Waals surface area (Å²) >= 11 is 6.10. The zero-order chi connectivity index (χ0) is 24.7. The van der Waals surface area contributed by atoms with Gasteiger partial charge in [0, 0.05) is 34.4 Å². The molecule has 1 amide bonds. The molecule has 4 rings (SSSR count). The van der Waals surface area contributed by atoms with Crippen LogP contribution in [0.4, 0.5) is 18.9 Å². The second kappa shape index (κ2) is 9.09. The highest BCUT2D eigenvalue weighted by Gasteiger charge is 2.34. The number of halogens is 4. The zero-order valence-electron chi connectivity index (χ0n) is 19.2. The zero-order valence-corrected chi connectivity index (χ0v) is 20.0. The first kappa shape index (κ1) is 24.3. The van der Waals surface area contributed by atoms with Crippen molar-refractivity contribution >= 4 is 34.1 Å². The Bertz CT molecular complexity index is 1200. The molecule has 0 radical (unpaired) electrons. The van der Waals surface area contributed by atoms with Crippen LogP contribution in [0.1, 0.15) is 62.6 Å². The summed E-state index contributed by atoms with van der Waals surface area (Å²) in [6.45, 7) is 5.91. The summed E-state index contributed by atoms with van der Waals surface area (Å²) in [6.07, 6.45) is 0.0210. The minimum Gasteiger partial charge on any atom is -0.382 e. The third kappa shape index (κ3) is 5.29. The maximum absolute atomic E-state index is 13.4. The Balaban J connectivity index is 1.53. The molecule has 1 aromatic carbocycles. The maximum atomic E-state index is 13.4. The fourth-order valence-electron chi connectivity index (χ4n) is 4.40. The van der Waals surface area contributed by atoms with Gasteiger partial charge in [0.25, 0.3) is 5.91 Å². The van der Waals surface area contributed by atoms with Crippen molar-refractivity contribution in [1.82, 2.24) is 20.1 Å². The van der Waals surface area contributed by atoms with Crippen molar-refractivity contribution in [3.63, 3.8) is 0 Å². The van der Waals surface area contributed by atoms with Crippen molar-refractivity contribution < 1.29 is 18.0 Å². The lowest BCUT2D eigenvalue weighted by atomic mass is 9.90. The standard InChI is InChI=1S/C24H27ClF3N5O/c1-23(2,3)33-20(9-10-29-33)22(34)31-16-6-4-5-15(12-16)30-19-13-21(24(26,27)28)32-18-8-7-14(25)11-17(18)19/h7-11,13,15-16H,4-6,12H2,1-3H3,(H,30,32)(H,31,34)/t15-,16+/m0/s1. The van der Waals surface area contributed by atoms with Crippen molar-refractivity contribution in [2.45, 2.75) is 70.3 Å². The molecule has 1 aliphatic rings. The van der Waals surface area contributed by atoms with Crippen LogP contribution in [0.2, 0.25) is 5.02 Å². The van der Waals surface area contributed by atoms with Crippen molar-refractivity contribution in [1.29, 1.82) is 0 Å². The number of hydrogen-bond donors (Lipinski definition) is 2. The molecule has 2 atom stereocenters. The molecule has 34 heavy (non-hydrogen) atoms. The molecule has 182 valence electrons. The summed E-state index contributed by atoms with van der Waals surface area (Å²) in [6, 6.07) is 7.11. The van der Waals surface area contributed by atoms with E-state index in [4.69, 9.17) is 11.6 Å². The first-order chi connectivity index (χ1) is 15.9. The van der Waals surface area contributed by atoms with E-state index in [9.17, 15) is 18.0 Å². The van der Waals surface area contributed by atoms with Crippen LogP contribution in [0.5, 0.6) is 0 Å². The second-order valence-corrected chi connectivity index (χ2v) is 10.1. The van der Waals surface area contributed by atoms with Crippen molar-refractivity contribution in [2.75, 3.05) is 5.32 Å². The highest BCUT2D eigenvalue weighted by Crippen LogP contribution is 2.35. The van der Waals surface area contributed by atoms with Gasteiger partial charge in [0.15, 0.2) is 0 Å². The molecular weight excluding hydrogens is 467 g/mol. The Morgan fingerprint density at radius 2 is 1.85 bits per heavy atom. The van der Waals surface area contributed by atoms with Crippen LogP contribution in [-0.2, 0) is 11.7 Å². The monoisotopic (exact) mass is 493 g/mol. The Hall–Kier alpha value is -2.81. The summed E-state index contributed by atoms with van der Waals surface area (Å²) in [4.78, 5) is 16.7. The number of amides is 1. The van der Waals surface area contributed by atoms with Crippen molar-refractivity contribution in [2.24, 2.45) is 0 Å². The molecule has 0 spiro atoms. The number of rotatable bonds is 4. The quantitative estimate of drug-likeness (QED) is 0.466. The minimum atomic E-state index is -4.57. The number of anilines is 1. The minimum absolute atomic E-state index is 0.110. The molecular formula is C24H27ClF3N5O. The number of fused-ring (bicyclic) bond motifs is 1. The normalized spacial score (nSPS) is 19.3. The first-order valence-corrected chi connectivity index (χ1v) is 11.6. The largest absolute Gasteiger partial charge is 0.433 e. The van der Waals surface area contributed by atoms with E-state index in [0.29, 0.717) is 28.2 Å². The van der Waals surface area contributed by atoms with Crippen LogP contribution in [0.3, 0.4) is 0 Å². The summed E-state index contributed by atoms with van der Waals surface area (Å²) < 4.78 is 42.0. The molecule has 0 saturated heterocycles. The van der Waals surface area contributed by atoms with Crippen LogP contribution in [0, 0.1) is 0 Å². The molecule has 2 aromatic heterocycles. The van der Waals surface area contributed by atoms with Gasteiger partial charge in [-0.1, -0.05) is 11.6 Å². The van der Waals surface area contributed by atoms with Gasteiger partial charge in [-0.3, -0.25) is 9.48 Å². The first-order valence-electron chi connectivity index (χ1n) is 11.2. The number of alkyl halides is 3. The average Bonchev–Trinajstić information content (AvgIpc) is 3.24. The number of benzene rings is 1. The molecule has 1 fully saturated rings. The molecule has 0 bridgehead atoms. The highest BCUT2D eigenvalue weighted by atomic mass is 35.5. The summed E-state index contributed by atoms with van der Waals surface area (Å²) in [5.41, 5.74) is -0.263. The number of carbonyl (C=O) groups is 1. The smallest absolute Gasteiger partial charge is 0.382 e. The molecule has 1 aliphatic carbocycles. The van der Waals surface area contributed by atoms with E-state index in [1.54, 1.807) is 23.0 Å². The SMILES string of the molecule is CC(C)(C)n1nccc1C(=O)N[C@@H]1CCC[C@H](Nc2cc(C(F)(F)F)nc3ccc(Cl)cc23)C1. The van der Waals surface area contributed by atoms with Gasteiger partial charge in [0.2, 0.25) is 0 Å². The molecule has 0 aliphatic heterocycles. The number of nitrogens with one attached hydrogen (secondary N) is 2. The van der Waals surface area contributed by atoms with Gasteiger partial charge in [-0.05, 0) is 76.8 Å². The third-order valence-electron chi connectivity index (χ3n) is 5.94. The molecule has 2 N–H and O–H groups in total. The van der Waals surface area contributed by atoms with Crippen LogP contribution < -0.4 is 10.6 Å². The molecule has 6 nitrogen and oxygen atoms in total. The lowest BCUT2D eigenvalue weighted by Gasteiger charge is -2.32. The fourth-order valence-corrected chi connectivity index (χ4v) is 4.58. The van der Waals surface area contributed by atoms with Gasteiger partial charge < -0.3 is 10.6 Å². The van der Waals surface area contributed by atoms with Crippen LogP contribution >= 0.6 is 11.6 Å². The Morgan fingerprint density at radius 1 is 1.12 bits per heavy atom. The van der Waals surface area contributed by atoms with E-state index < -0.39 is 11.9 Å². The summed E-state index contributed by atoms with van der Waals surface area (Å²) in [7, 11) is 0. The van der Waals surface area contributed by atoms with Gasteiger partial charge in [-0.15, -0.1) is 0 Å². The molecule has 0 unspecified atom stereocenters. The van der Waals surface area contributed by atoms with Gasteiger partial charge in [-0.25, -0.2) is 4.98 Å². The predicted octanol–water partition coefficient (Wildman–Crippen LogP) is 6.01. The molecule has 1 saturated carbocycles. The third-order valence-corrected chi connectivity index (χ3v) is 6.18. The number of aromatic nitrogens is 3. The average molecular weight is 494 g/mol. The molecule has 2 heterocycles. The summed E-state index contributed by atoms with van der Waals surface area (Å²) in [5.74, 6) is -0.210. The van der Waals surface area contributed by atoms with E-state index in [0.717, 1.165) is 25.3 Å². The number of nitrogens with zero attached hydrogens (tertiary/aromatic N) is 3. The van der Waals surface area contributed by atoms with E-state index in [1.807, 2.05) is 20.8 Å². The fraction of sp³-hybridized carbons (Fsp3) is 0.458.